The van der Waals surface area contributed by atoms with Crippen LogP contribution in [0.25, 0.3) is 11.0 Å². The summed E-state index contributed by atoms with van der Waals surface area (Å²) in [6.45, 7) is 11.9. The fourth-order valence-corrected chi connectivity index (χ4v) is 4.08. The Hall–Kier alpha value is -3.60. The molecule has 0 fully saturated rings. The zero-order valence-corrected chi connectivity index (χ0v) is 17.1. The molecule has 1 amide bonds. The molecule has 2 aromatic carbocycles. The molecule has 0 N–H and O–H groups in total. The number of nitrogens with zero attached hydrogens (tertiary/aromatic N) is 1. The van der Waals surface area contributed by atoms with Crippen molar-refractivity contribution < 1.29 is 13.9 Å². The SMILES string of the molecule is C=CCOc1cccc(C2c3c(oc4c(C)cc(C)cc4c3=O)C(=O)N2CC=C)c1. The van der Waals surface area contributed by atoms with Gasteiger partial charge in [-0.25, -0.2) is 0 Å². The zero-order valence-electron chi connectivity index (χ0n) is 17.1. The molecule has 152 valence electrons. The number of aryl methyl sites for hydroxylation is 2. The Bertz CT molecular complexity index is 1240. The minimum Gasteiger partial charge on any atom is -0.490 e. The molecule has 5 heteroatoms. The lowest BCUT2D eigenvalue weighted by atomic mass is 9.97. The van der Waals surface area contributed by atoms with Crippen molar-refractivity contribution >= 4 is 16.9 Å². The van der Waals surface area contributed by atoms with Crippen LogP contribution >= 0.6 is 0 Å². The van der Waals surface area contributed by atoms with Crippen LogP contribution in [0.5, 0.6) is 5.75 Å². The summed E-state index contributed by atoms with van der Waals surface area (Å²) in [5.74, 6) is 0.429. The summed E-state index contributed by atoms with van der Waals surface area (Å²) in [6.07, 6.45) is 3.31. The van der Waals surface area contributed by atoms with Gasteiger partial charge in [0.05, 0.1) is 17.0 Å². The molecule has 0 spiro atoms. The third-order valence-electron chi connectivity index (χ3n) is 5.26. The summed E-state index contributed by atoms with van der Waals surface area (Å²) >= 11 is 0. The summed E-state index contributed by atoms with van der Waals surface area (Å²) in [6, 6.07) is 10.6. The molecule has 3 aromatic rings. The van der Waals surface area contributed by atoms with Gasteiger partial charge in [-0.3, -0.25) is 9.59 Å². The molecule has 4 rings (SSSR count). The third kappa shape index (κ3) is 3.12. The van der Waals surface area contributed by atoms with Crippen LogP contribution in [0.15, 0.2) is 70.9 Å². The second-order valence-corrected chi connectivity index (χ2v) is 7.45. The molecule has 1 atom stereocenters. The lowest BCUT2D eigenvalue weighted by Gasteiger charge is -2.24. The average Bonchev–Trinajstić information content (AvgIpc) is 3.00. The molecule has 0 saturated heterocycles. The highest BCUT2D eigenvalue weighted by Crippen LogP contribution is 2.39. The molecular weight excluding hydrogens is 378 g/mol. The van der Waals surface area contributed by atoms with Crippen molar-refractivity contribution in [1.82, 2.24) is 4.90 Å². The largest absolute Gasteiger partial charge is 0.490 e. The van der Waals surface area contributed by atoms with Crippen LogP contribution < -0.4 is 10.2 Å². The van der Waals surface area contributed by atoms with Gasteiger partial charge in [-0.2, -0.15) is 0 Å². The Morgan fingerprint density at radius 1 is 1.13 bits per heavy atom. The molecule has 2 heterocycles. The van der Waals surface area contributed by atoms with Gasteiger partial charge in [-0.05, 0) is 48.7 Å². The fraction of sp³-hybridized carbons (Fsp3) is 0.200. The van der Waals surface area contributed by atoms with Gasteiger partial charge in [0.1, 0.15) is 17.9 Å². The normalized spacial score (nSPS) is 15.3. The van der Waals surface area contributed by atoms with Gasteiger partial charge in [0.15, 0.2) is 5.43 Å². The van der Waals surface area contributed by atoms with Crippen LogP contribution in [-0.4, -0.2) is 24.0 Å². The summed E-state index contributed by atoms with van der Waals surface area (Å²) in [5, 5.41) is 0.489. The third-order valence-corrected chi connectivity index (χ3v) is 5.26. The molecule has 0 saturated carbocycles. The van der Waals surface area contributed by atoms with E-state index in [1.54, 1.807) is 17.1 Å². The number of rotatable bonds is 6. The first-order valence-corrected chi connectivity index (χ1v) is 9.79. The molecule has 0 radical (unpaired) electrons. The van der Waals surface area contributed by atoms with E-state index in [4.69, 9.17) is 9.15 Å². The highest BCUT2D eigenvalue weighted by molar-refractivity contribution is 5.99. The summed E-state index contributed by atoms with van der Waals surface area (Å²) in [5.41, 5.74) is 3.22. The van der Waals surface area contributed by atoms with Gasteiger partial charge >= 0.3 is 0 Å². The van der Waals surface area contributed by atoms with Crippen LogP contribution in [0.3, 0.4) is 0 Å². The second kappa shape index (κ2) is 7.67. The van der Waals surface area contributed by atoms with Crippen LogP contribution in [0.1, 0.15) is 38.9 Å². The molecule has 0 aliphatic carbocycles. The minimum absolute atomic E-state index is 0.101. The van der Waals surface area contributed by atoms with E-state index >= 15 is 0 Å². The smallest absolute Gasteiger partial charge is 0.291 e. The Morgan fingerprint density at radius 3 is 2.67 bits per heavy atom. The van der Waals surface area contributed by atoms with Crippen LogP contribution in [0.2, 0.25) is 0 Å². The number of hydrogen-bond donors (Lipinski definition) is 0. The van der Waals surface area contributed by atoms with Crippen molar-refractivity contribution in [2.45, 2.75) is 19.9 Å². The van der Waals surface area contributed by atoms with Crippen molar-refractivity contribution in [3.05, 3.63) is 99.9 Å². The molecule has 30 heavy (non-hydrogen) atoms. The number of carbonyl (C=O) groups excluding carboxylic acids is 1. The van der Waals surface area contributed by atoms with E-state index in [2.05, 4.69) is 13.2 Å². The lowest BCUT2D eigenvalue weighted by molar-refractivity contribution is 0.0748. The Morgan fingerprint density at radius 2 is 1.93 bits per heavy atom. The molecule has 5 nitrogen and oxygen atoms in total. The lowest BCUT2D eigenvalue weighted by Crippen LogP contribution is -2.29. The highest BCUT2D eigenvalue weighted by atomic mass is 16.5. The predicted octanol–water partition coefficient (Wildman–Crippen LogP) is 4.71. The number of hydrogen-bond acceptors (Lipinski definition) is 4. The van der Waals surface area contributed by atoms with Gasteiger partial charge < -0.3 is 14.1 Å². The van der Waals surface area contributed by atoms with Gasteiger partial charge in [0, 0.05) is 6.54 Å². The van der Waals surface area contributed by atoms with Crippen molar-refractivity contribution in [1.29, 1.82) is 0 Å². The van der Waals surface area contributed by atoms with Gasteiger partial charge in [0.25, 0.3) is 5.91 Å². The summed E-state index contributed by atoms with van der Waals surface area (Å²) in [4.78, 5) is 28.4. The van der Waals surface area contributed by atoms with Crippen LogP contribution in [0, 0.1) is 13.8 Å². The quantitative estimate of drug-likeness (QED) is 0.562. The molecule has 1 aliphatic rings. The van der Waals surface area contributed by atoms with E-state index in [0.29, 0.717) is 35.4 Å². The van der Waals surface area contributed by atoms with Crippen LogP contribution in [-0.2, 0) is 0 Å². The molecule has 1 unspecified atom stereocenters. The van der Waals surface area contributed by atoms with E-state index in [-0.39, 0.29) is 17.1 Å². The Balaban J connectivity index is 1.97. The monoisotopic (exact) mass is 401 g/mol. The Kier molecular flexibility index (Phi) is 5.04. The number of amides is 1. The van der Waals surface area contributed by atoms with E-state index in [1.165, 1.54) is 0 Å². The maximum Gasteiger partial charge on any atom is 0.291 e. The average molecular weight is 401 g/mol. The standard InChI is InChI=1S/C25H23NO4/c1-5-10-26-21(17-8-7-9-18(14-17)29-11-6-2)20-22(27)19-13-15(3)12-16(4)23(19)30-24(20)25(26)28/h5-9,12-14,21H,1-2,10-11H2,3-4H3. The zero-order chi connectivity index (χ0) is 21.4. The summed E-state index contributed by atoms with van der Waals surface area (Å²) < 4.78 is 11.7. The number of benzene rings is 2. The van der Waals surface area contributed by atoms with E-state index < -0.39 is 6.04 Å². The first-order valence-electron chi connectivity index (χ1n) is 9.79. The van der Waals surface area contributed by atoms with Crippen molar-refractivity contribution in [3.8, 4) is 5.75 Å². The molecule has 0 bridgehead atoms. The van der Waals surface area contributed by atoms with Crippen LogP contribution in [0.4, 0.5) is 0 Å². The fourth-order valence-electron chi connectivity index (χ4n) is 4.08. The van der Waals surface area contributed by atoms with E-state index in [9.17, 15) is 9.59 Å². The molecule has 1 aliphatic heterocycles. The maximum atomic E-state index is 13.6. The first-order chi connectivity index (χ1) is 14.5. The topological polar surface area (TPSA) is 59.8 Å². The highest BCUT2D eigenvalue weighted by Gasteiger charge is 2.42. The second-order valence-electron chi connectivity index (χ2n) is 7.45. The maximum absolute atomic E-state index is 13.6. The van der Waals surface area contributed by atoms with Crippen molar-refractivity contribution in [3.63, 3.8) is 0 Å². The van der Waals surface area contributed by atoms with E-state index in [0.717, 1.165) is 16.7 Å². The van der Waals surface area contributed by atoms with Crippen molar-refractivity contribution in [2.24, 2.45) is 0 Å². The number of fused-ring (bicyclic) bond motifs is 2. The first kappa shape index (κ1) is 19.7. The predicted molar refractivity (Wildman–Crippen MR) is 117 cm³/mol. The molecular formula is C25H23NO4. The van der Waals surface area contributed by atoms with Gasteiger partial charge in [0.2, 0.25) is 5.76 Å². The van der Waals surface area contributed by atoms with E-state index in [1.807, 2.05) is 50.2 Å². The minimum atomic E-state index is -0.570. The van der Waals surface area contributed by atoms with Gasteiger partial charge in [-0.15, -0.1) is 6.58 Å². The number of carbonyl (C=O) groups is 1. The number of ether oxygens (including phenoxy) is 1. The molecule has 1 aromatic heterocycles. The Labute approximate surface area is 174 Å². The summed E-state index contributed by atoms with van der Waals surface area (Å²) in [7, 11) is 0. The van der Waals surface area contributed by atoms with Gasteiger partial charge in [-0.1, -0.05) is 36.9 Å². The van der Waals surface area contributed by atoms with Crippen molar-refractivity contribution in [2.75, 3.05) is 13.2 Å².